The molecule has 3 heterocycles. The number of H-pyrrole nitrogens is 1. The molecule has 1 amide bonds. The fourth-order valence-corrected chi connectivity index (χ4v) is 3.90. The van der Waals surface area contributed by atoms with E-state index in [1.807, 2.05) is 11.0 Å². The number of rotatable bonds is 2. The van der Waals surface area contributed by atoms with Gasteiger partial charge < -0.3 is 10.2 Å². The van der Waals surface area contributed by atoms with E-state index in [0.717, 1.165) is 25.9 Å². The molecule has 1 aromatic heterocycles. The Morgan fingerprint density at radius 1 is 1.21 bits per heavy atom. The number of carbonyl (C=O) groups excluding carboxylic acids is 1. The number of hydrogen-bond donors (Lipinski definition) is 2. The van der Waals surface area contributed by atoms with E-state index in [9.17, 15) is 19.2 Å². The van der Waals surface area contributed by atoms with Crippen LogP contribution in [0.5, 0.6) is 0 Å². The van der Waals surface area contributed by atoms with E-state index in [1.165, 1.54) is 24.3 Å². The lowest BCUT2D eigenvalue weighted by molar-refractivity contribution is -0.119. The van der Waals surface area contributed by atoms with Gasteiger partial charge in [0, 0.05) is 19.0 Å². The van der Waals surface area contributed by atoms with Crippen LogP contribution >= 0.6 is 0 Å². The van der Waals surface area contributed by atoms with Crippen molar-refractivity contribution in [3.63, 3.8) is 0 Å². The molecule has 0 unspecified atom stereocenters. The SMILES string of the molecule is CC1CCN(c2nc3c(c(=O)[nH]2)[C@@H](c2ccc(F)cc2)[C@@H](C#N)C(=O)N3)CC1. The number of hydrogen-bond acceptors (Lipinski definition) is 5. The Hall–Kier alpha value is -3.21. The molecular weight excluding hydrogens is 361 g/mol. The average Bonchev–Trinajstić information content (AvgIpc) is 2.68. The van der Waals surface area contributed by atoms with Crippen molar-refractivity contribution in [1.29, 1.82) is 5.26 Å². The van der Waals surface area contributed by atoms with Gasteiger partial charge in [-0.3, -0.25) is 14.6 Å². The Morgan fingerprint density at radius 2 is 1.89 bits per heavy atom. The van der Waals surface area contributed by atoms with E-state index in [1.54, 1.807) is 0 Å². The summed E-state index contributed by atoms with van der Waals surface area (Å²) in [7, 11) is 0. The molecule has 144 valence electrons. The van der Waals surface area contributed by atoms with Gasteiger partial charge in [-0.1, -0.05) is 19.1 Å². The minimum atomic E-state index is -1.09. The van der Waals surface area contributed by atoms with Crippen molar-refractivity contribution in [2.24, 2.45) is 11.8 Å². The number of aromatic amines is 1. The summed E-state index contributed by atoms with van der Waals surface area (Å²) in [6.45, 7) is 3.74. The number of piperidine rings is 1. The zero-order chi connectivity index (χ0) is 19.8. The summed E-state index contributed by atoms with van der Waals surface area (Å²) in [4.78, 5) is 34.8. The summed E-state index contributed by atoms with van der Waals surface area (Å²) in [5.41, 5.74) is 0.357. The maximum Gasteiger partial charge on any atom is 0.258 e. The number of amides is 1. The maximum absolute atomic E-state index is 13.3. The third kappa shape index (κ3) is 3.13. The number of fused-ring (bicyclic) bond motifs is 1. The number of nitrogens with zero attached hydrogens (tertiary/aromatic N) is 3. The average molecular weight is 381 g/mol. The van der Waals surface area contributed by atoms with Crippen LogP contribution in [-0.4, -0.2) is 29.0 Å². The van der Waals surface area contributed by atoms with Crippen molar-refractivity contribution in [1.82, 2.24) is 9.97 Å². The van der Waals surface area contributed by atoms with Crippen LogP contribution < -0.4 is 15.8 Å². The monoisotopic (exact) mass is 381 g/mol. The highest BCUT2D eigenvalue weighted by atomic mass is 19.1. The molecule has 2 aromatic rings. The summed E-state index contributed by atoms with van der Waals surface area (Å²) in [5.74, 6) is -1.63. The zero-order valence-corrected chi connectivity index (χ0v) is 15.4. The van der Waals surface area contributed by atoms with Gasteiger partial charge in [-0.15, -0.1) is 0 Å². The number of nitriles is 1. The molecule has 2 atom stereocenters. The van der Waals surface area contributed by atoms with E-state index in [4.69, 9.17) is 0 Å². The molecule has 4 rings (SSSR count). The highest BCUT2D eigenvalue weighted by molar-refractivity contribution is 5.97. The van der Waals surface area contributed by atoms with Crippen molar-refractivity contribution in [3.8, 4) is 6.07 Å². The second-order valence-corrected chi connectivity index (χ2v) is 7.45. The lowest BCUT2D eigenvalue weighted by Crippen LogP contribution is -2.40. The Kier molecular flexibility index (Phi) is 4.59. The van der Waals surface area contributed by atoms with Crippen LogP contribution in [0.25, 0.3) is 0 Å². The van der Waals surface area contributed by atoms with Crippen molar-refractivity contribution in [3.05, 3.63) is 51.6 Å². The molecule has 1 aromatic carbocycles. The number of anilines is 2. The second kappa shape index (κ2) is 7.08. The van der Waals surface area contributed by atoms with Crippen LogP contribution in [0.2, 0.25) is 0 Å². The molecule has 0 spiro atoms. The van der Waals surface area contributed by atoms with E-state index in [2.05, 4.69) is 22.2 Å². The smallest absolute Gasteiger partial charge is 0.258 e. The number of carbonyl (C=O) groups is 1. The summed E-state index contributed by atoms with van der Waals surface area (Å²) < 4.78 is 13.3. The molecule has 1 fully saturated rings. The minimum Gasteiger partial charge on any atom is -0.342 e. The predicted molar refractivity (Wildman–Crippen MR) is 101 cm³/mol. The Morgan fingerprint density at radius 3 is 2.54 bits per heavy atom. The van der Waals surface area contributed by atoms with Gasteiger partial charge in [0.05, 0.1) is 11.6 Å². The summed E-state index contributed by atoms with van der Waals surface area (Å²) in [6, 6.07) is 7.46. The van der Waals surface area contributed by atoms with Gasteiger partial charge in [-0.05, 0) is 36.5 Å². The minimum absolute atomic E-state index is 0.170. The third-order valence-corrected chi connectivity index (χ3v) is 5.56. The van der Waals surface area contributed by atoms with Crippen molar-refractivity contribution >= 4 is 17.7 Å². The summed E-state index contributed by atoms with van der Waals surface area (Å²) >= 11 is 0. The fraction of sp³-hybridized carbons (Fsp3) is 0.400. The van der Waals surface area contributed by atoms with Crippen molar-refractivity contribution in [2.45, 2.75) is 25.7 Å². The zero-order valence-electron chi connectivity index (χ0n) is 15.4. The molecule has 0 aliphatic carbocycles. The van der Waals surface area contributed by atoms with Gasteiger partial charge in [0.15, 0.2) is 0 Å². The molecule has 2 N–H and O–H groups in total. The summed E-state index contributed by atoms with van der Waals surface area (Å²) in [6.07, 6.45) is 2.00. The lowest BCUT2D eigenvalue weighted by atomic mass is 9.79. The Labute approximate surface area is 161 Å². The largest absolute Gasteiger partial charge is 0.342 e. The molecular formula is C20H20FN5O2. The molecule has 2 aliphatic heterocycles. The van der Waals surface area contributed by atoms with Gasteiger partial charge >= 0.3 is 0 Å². The van der Waals surface area contributed by atoms with Crippen LogP contribution in [0.1, 0.15) is 36.8 Å². The van der Waals surface area contributed by atoms with Crippen LogP contribution in [0, 0.1) is 29.0 Å². The maximum atomic E-state index is 13.3. The number of nitrogens with one attached hydrogen (secondary N) is 2. The first-order valence-electron chi connectivity index (χ1n) is 9.33. The van der Waals surface area contributed by atoms with Crippen LogP contribution in [0.3, 0.4) is 0 Å². The molecule has 0 saturated carbocycles. The highest BCUT2D eigenvalue weighted by Crippen LogP contribution is 2.38. The fourth-order valence-electron chi connectivity index (χ4n) is 3.90. The van der Waals surface area contributed by atoms with Crippen molar-refractivity contribution < 1.29 is 9.18 Å². The van der Waals surface area contributed by atoms with Gasteiger partial charge in [0.25, 0.3) is 5.56 Å². The van der Waals surface area contributed by atoms with Crippen LogP contribution in [-0.2, 0) is 4.79 Å². The summed E-state index contributed by atoms with van der Waals surface area (Å²) in [5, 5.41) is 12.1. The van der Waals surface area contributed by atoms with Crippen LogP contribution in [0.4, 0.5) is 16.2 Å². The van der Waals surface area contributed by atoms with Gasteiger partial charge in [-0.2, -0.15) is 10.2 Å². The number of halogens is 1. The van der Waals surface area contributed by atoms with E-state index in [0.29, 0.717) is 17.4 Å². The molecule has 1 saturated heterocycles. The Bertz CT molecular complexity index is 1000. The molecule has 7 nitrogen and oxygen atoms in total. The second-order valence-electron chi connectivity index (χ2n) is 7.45. The predicted octanol–water partition coefficient (Wildman–Crippen LogP) is 2.37. The molecule has 0 bridgehead atoms. The quantitative estimate of drug-likeness (QED) is 0.832. The van der Waals surface area contributed by atoms with Gasteiger partial charge in [0.2, 0.25) is 11.9 Å². The highest BCUT2D eigenvalue weighted by Gasteiger charge is 2.40. The normalized spacial score (nSPS) is 22.3. The first kappa shape index (κ1) is 18.2. The molecule has 8 heteroatoms. The van der Waals surface area contributed by atoms with Gasteiger partial charge in [0.1, 0.15) is 17.6 Å². The standard InChI is InChI=1S/C20H20FN5O2/c1-11-6-8-26(9-7-11)20-24-17-16(19(28)25-20)15(14(10-22)18(27)23-17)12-2-4-13(21)5-3-12/h2-5,11,14-15H,6-9H2,1H3,(H2,23,24,25,27,28)/t14-,15+/m1/s1. The number of benzene rings is 1. The first-order valence-corrected chi connectivity index (χ1v) is 9.33. The van der Waals surface area contributed by atoms with Gasteiger partial charge in [-0.25, -0.2) is 4.39 Å². The molecule has 2 aliphatic rings. The van der Waals surface area contributed by atoms with E-state index >= 15 is 0 Å². The third-order valence-electron chi connectivity index (χ3n) is 5.56. The van der Waals surface area contributed by atoms with E-state index < -0.39 is 29.1 Å². The van der Waals surface area contributed by atoms with E-state index in [-0.39, 0.29) is 11.4 Å². The molecule has 28 heavy (non-hydrogen) atoms. The van der Waals surface area contributed by atoms with Crippen LogP contribution in [0.15, 0.2) is 29.1 Å². The lowest BCUT2D eigenvalue weighted by Gasteiger charge is -2.33. The van der Waals surface area contributed by atoms with Crippen molar-refractivity contribution in [2.75, 3.05) is 23.3 Å². The number of aromatic nitrogens is 2. The topological polar surface area (TPSA) is 102 Å². The first-order chi connectivity index (χ1) is 13.5. The Balaban J connectivity index is 1.80. The molecule has 0 radical (unpaired) electrons.